The van der Waals surface area contributed by atoms with Crippen LogP contribution in [0.1, 0.15) is 11.1 Å². The zero-order valence-corrected chi connectivity index (χ0v) is 9.70. The van der Waals surface area contributed by atoms with Gasteiger partial charge in [-0.1, -0.05) is 6.07 Å². The standard InChI is InChI=1S/C9H11IS/c1-7-3-8(6-11-2)5-9(10)4-7/h3-5H,6H2,1-2H3. The number of halogens is 1. The van der Waals surface area contributed by atoms with Gasteiger partial charge >= 0.3 is 0 Å². The lowest BCUT2D eigenvalue weighted by atomic mass is 10.2. The summed E-state index contributed by atoms with van der Waals surface area (Å²) in [6.07, 6.45) is 2.13. The molecular weight excluding hydrogens is 267 g/mol. The van der Waals surface area contributed by atoms with E-state index in [1.807, 2.05) is 11.8 Å². The number of aryl methyl sites for hydroxylation is 1. The molecule has 0 aliphatic rings. The summed E-state index contributed by atoms with van der Waals surface area (Å²) in [6, 6.07) is 6.69. The van der Waals surface area contributed by atoms with Crippen molar-refractivity contribution >= 4 is 34.4 Å². The minimum Gasteiger partial charge on any atom is -0.161 e. The van der Waals surface area contributed by atoms with Crippen LogP contribution in [-0.2, 0) is 5.75 Å². The number of hydrogen-bond acceptors (Lipinski definition) is 1. The maximum absolute atomic E-state index is 2.36. The van der Waals surface area contributed by atoms with Crippen molar-refractivity contribution in [3.05, 3.63) is 32.9 Å². The third-order valence-electron chi connectivity index (χ3n) is 1.41. The molecule has 0 spiro atoms. The first-order valence-corrected chi connectivity index (χ1v) is 5.94. The van der Waals surface area contributed by atoms with E-state index in [9.17, 15) is 0 Å². The van der Waals surface area contributed by atoms with E-state index in [0.717, 1.165) is 5.75 Å². The van der Waals surface area contributed by atoms with Crippen LogP contribution >= 0.6 is 34.4 Å². The monoisotopic (exact) mass is 278 g/mol. The summed E-state index contributed by atoms with van der Waals surface area (Å²) in [5, 5.41) is 0. The Kier molecular flexibility index (Phi) is 3.72. The van der Waals surface area contributed by atoms with Crippen molar-refractivity contribution in [3.63, 3.8) is 0 Å². The second kappa shape index (κ2) is 4.36. The van der Waals surface area contributed by atoms with Crippen molar-refractivity contribution in [1.29, 1.82) is 0 Å². The van der Waals surface area contributed by atoms with E-state index in [0.29, 0.717) is 0 Å². The van der Waals surface area contributed by atoms with Crippen LogP contribution < -0.4 is 0 Å². The molecular formula is C9H11IS. The highest BCUT2D eigenvalue weighted by Gasteiger charge is 1.94. The maximum atomic E-state index is 2.36. The molecule has 2 heteroatoms. The first kappa shape index (κ1) is 9.39. The van der Waals surface area contributed by atoms with Crippen molar-refractivity contribution in [2.75, 3.05) is 6.26 Å². The SMILES string of the molecule is CSCc1cc(C)cc(I)c1. The maximum Gasteiger partial charge on any atom is 0.0182 e. The van der Waals surface area contributed by atoms with Crippen molar-refractivity contribution in [2.24, 2.45) is 0 Å². The van der Waals surface area contributed by atoms with Gasteiger partial charge in [0, 0.05) is 9.32 Å². The summed E-state index contributed by atoms with van der Waals surface area (Å²) < 4.78 is 1.34. The predicted molar refractivity (Wildman–Crippen MR) is 61.1 cm³/mol. The first-order valence-electron chi connectivity index (χ1n) is 3.47. The Hall–Kier alpha value is 0.300. The molecule has 60 valence electrons. The Labute approximate surface area is 85.9 Å². The van der Waals surface area contributed by atoms with Crippen LogP contribution in [-0.4, -0.2) is 6.26 Å². The minimum atomic E-state index is 1.12. The molecule has 0 bridgehead atoms. The van der Waals surface area contributed by atoms with E-state index in [4.69, 9.17) is 0 Å². The van der Waals surface area contributed by atoms with Gasteiger partial charge in [0.25, 0.3) is 0 Å². The molecule has 0 fully saturated rings. The largest absolute Gasteiger partial charge is 0.161 e. The lowest BCUT2D eigenvalue weighted by molar-refractivity contribution is 1.34. The van der Waals surface area contributed by atoms with Gasteiger partial charge in [0.2, 0.25) is 0 Å². The molecule has 0 heterocycles. The van der Waals surface area contributed by atoms with Gasteiger partial charge in [-0.2, -0.15) is 11.8 Å². The third-order valence-corrected chi connectivity index (χ3v) is 2.66. The third kappa shape index (κ3) is 3.03. The summed E-state index contributed by atoms with van der Waals surface area (Å²) in [5.41, 5.74) is 2.79. The van der Waals surface area contributed by atoms with Gasteiger partial charge in [-0.25, -0.2) is 0 Å². The van der Waals surface area contributed by atoms with E-state index in [-0.39, 0.29) is 0 Å². The quantitative estimate of drug-likeness (QED) is 0.746. The molecule has 0 N–H and O–H groups in total. The van der Waals surface area contributed by atoms with E-state index in [2.05, 4.69) is 54.0 Å². The van der Waals surface area contributed by atoms with Crippen molar-refractivity contribution < 1.29 is 0 Å². The lowest BCUT2D eigenvalue weighted by Gasteiger charge is -2.01. The normalized spacial score (nSPS) is 10.1. The highest BCUT2D eigenvalue weighted by molar-refractivity contribution is 14.1. The van der Waals surface area contributed by atoms with E-state index < -0.39 is 0 Å². The molecule has 0 aromatic heterocycles. The van der Waals surface area contributed by atoms with Gasteiger partial charge in [-0.15, -0.1) is 0 Å². The topological polar surface area (TPSA) is 0 Å². The zero-order valence-electron chi connectivity index (χ0n) is 6.73. The summed E-state index contributed by atoms with van der Waals surface area (Å²) in [5.74, 6) is 1.12. The van der Waals surface area contributed by atoms with Gasteiger partial charge in [0.05, 0.1) is 0 Å². The van der Waals surface area contributed by atoms with Gasteiger partial charge in [-0.05, 0) is 59.0 Å². The van der Waals surface area contributed by atoms with E-state index >= 15 is 0 Å². The first-order chi connectivity index (χ1) is 5.22. The van der Waals surface area contributed by atoms with Crippen molar-refractivity contribution in [1.82, 2.24) is 0 Å². The Morgan fingerprint density at radius 2 is 2.09 bits per heavy atom. The fraction of sp³-hybridized carbons (Fsp3) is 0.333. The highest BCUT2D eigenvalue weighted by Crippen LogP contribution is 2.15. The average Bonchev–Trinajstić information content (AvgIpc) is 1.85. The predicted octanol–water partition coefficient (Wildman–Crippen LogP) is 3.46. The molecule has 0 saturated heterocycles. The molecule has 0 aliphatic heterocycles. The molecule has 0 saturated carbocycles. The molecule has 0 atom stereocenters. The summed E-state index contributed by atoms with van der Waals surface area (Å²) in [4.78, 5) is 0. The number of thioether (sulfide) groups is 1. The number of hydrogen-bond donors (Lipinski definition) is 0. The summed E-state index contributed by atoms with van der Waals surface area (Å²) >= 11 is 4.23. The molecule has 0 unspecified atom stereocenters. The van der Waals surface area contributed by atoms with Gasteiger partial charge in [0.1, 0.15) is 0 Å². The number of rotatable bonds is 2. The highest BCUT2D eigenvalue weighted by atomic mass is 127. The fourth-order valence-corrected chi connectivity index (χ4v) is 2.45. The molecule has 11 heavy (non-hydrogen) atoms. The summed E-state index contributed by atoms with van der Waals surface area (Å²) in [6.45, 7) is 2.14. The smallest absolute Gasteiger partial charge is 0.0182 e. The Morgan fingerprint density at radius 3 is 2.64 bits per heavy atom. The van der Waals surface area contributed by atoms with Crippen LogP contribution in [0.3, 0.4) is 0 Å². The Balaban J connectivity index is 2.89. The van der Waals surface area contributed by atoms with Gasteiger partial charge in [-0.3, -0.25) is 0 Å². The molecule has 1 rings (SSSR count). The summed E-state index contributed by atoms with van der Waals surface area (Å²) in [7, 11) is 0. The zero-order chi connectivity index (χ0) is 8.27. The van der Waals surface area contributed by atoms with Crippen LogP contribution in [0.5, 0.6) is 0 Å². The molecule has 0 nitrogen and oxygen atoms in total. The molecule has 0 amide bonds. The van der Waals surface area contributed by atoms with E-state index in [1.165, 1.54) is 14.7 Å². The Bertz CT molecular complexity index is 225. The van der Waals surface area contributed by atoms with E-state index in [1.54, 1.807) is 0 Å². The van der Waals surface area contributed by atoms with Crippen molar-refractivity contribution in [3.8, 4) is 0 Å². The van der Waals surface area contributed by atoms with Crippen LogP contribution in [0.25, 0.3) is 0 Å². The van der Waals surface area contributed by atoms with Gasteiger partial charge < -0.3 is 0 Å². The van der Waals surface area contributed by atoms with Crippen LogP contribution in [0, 0.1) is 10.5 Å². The molecule has 0 radical (unpaired) electrons. The second-order valence-electron chi connectivity index (χ2n) is 2.57. The molecule has 1 aromatic rings. The van der Waals surface area contributed by atoms with Crippen LogP contribution in [0.2, 0.25) is 0 Å². The van der Waals surface area contributed by atoms with Crippen LogP contribution in [0.15, 0.2) is 18.2 Å². The lowest BCUT2D eigenvalue weighted by Crippen LogP contribution is -1.83. The average molecular weight is 278 g/mol. The van der Waals surface area contributed by atoms with Crippen molar-refractivity contribution in [2.45, 2.75) is 12.7 Å². The Morgan fingerprint density at radius 1 is 1.36 bits per heavy atom. The van der Waals surface area contributed by atoms with Crippen LogP contribution in [0.4, 0.5) is 0 Å². The molecule has 1 aromatic carbocycles. The fourth-order valence-electron chi connectivity index (χ4n) is 1.06. The minimum absolute atomic E-state index is 1.12. The second-order valence-corrected chi connectivity index (χ2v) is 4.68. The number of benzene rings is 1. The van der Waals surface area contributed by atoms with Gasteiger partial charge in [0.15, 0.2) is 0 Å². The molecule has 0 aliphatic carbocycles.